The van der Waals surface area contributed by atoms with E-state index in [2.05, 4.69) is 9.97 Å². The van der Waals surface area contributed by atoms with Crippen molar-refractivity contribution in [2.75, 3.05) is 0 Å². The number of carboxylic acids is 1. The number of carboxylic acid groups (broad SMARTS) is 1. The molecule has 1 heterocycles. The summed E-state index contributed by atoms with van der Waals surface area (Å²) in [6, 6.07) is 2.94. The van der Waals surface area contributed by atoms with Crippen molar-refractivity contribution in [3.05, 3.63) is 47.9 Å². The van der Waals surface area contributed by atoms with Gasteiger partial charge in [-0.3, -0.25) is 9.97 Å². The summed E-state index contributed by atoms with van der Waals surface area (Å²) >= 11 is 0. The van der Waals surface area contributed by atoms with E-state index in [9.17, 15) is 18.0 Å². The number of halogens is 3. The number of alkyl halides is 3. The second-order valence-corrected chi connectivity index (χ2v) is 3.65. The molecular weight excluding hydrogens is 261 g/mol. The highest BCUT2D eigenvalue weighted by Crippen LogP contribution is 2.34. The van der Waals surface area contributed by atoms with E-state index >= 15 is 0 Å². The molecule has 1 N–H and O–H groups in total. The van der Waals surface area contributed by atoms with Gasteiger partial charge in [0.25, 0.3) is 0 Å². The van der Waals surface area contributed by atoms with Gasteiger partial charge in [-0.05, 0) is 12.1 Å². The summed E-state index contributed by atoms with van der Waals surface area (Å²) in [7, 11) is 0. The first-order chi connectivity index (χ1) is 8.89. The molecule has 0 saturated carbocycles. The van der Waals surface area contributed by atoms with Crippen molar-refractivity contribution in [2.24, 2.45) is 0 Å². The first kappa shape index (κ1) is 13.0. The van der Waals surface area contributed by atoms with Crippen molar-refractivity contribution < 1.29 is 23.1 Å². The highest BCUT2D eigenvalue weighted by molar-refractivity contribution is 5.90. The molecule has 1 aromatic heterocycles. The Bertz CT molecular complexity index is 612. The van der Waals surface area contributed by atoms with Gasteiger partial charge in [0.2, 0.25) is 0 Å². The highest BCUT2D eigenvalue weighted by Gasteiger charge is 2.35. The first-order valence-corrected chi connectivity index (χ1v) is 5.10. The summed E-state index contributed by atoms with van der Waals surface area (Å²) < 4.78 is 38.4. The number of aromatic nitrogens is 2. The van der Waals surface area contributed by atoms with E-state index in [4.69, 9.17) is 5.11 Å². The van der Waals surface area contributed by atoms with Gasteiger partial charge in [0.05, 0.1) is 23.0 Å². The molecule has 0 spiro atoms. The van der Waals surface area contributed by atoms with Crippen LogP contribution in [0.25, 0.3) is 11.3 Å². The zero-order valence-corrected chi connectivity index (χ0v) is 9.35. The lowest BCUT2D eigenvalue weighted by Gasteiger charge is -2.11. The molecule has 0 saturated heterocycles. The van der Waals surface area contributed by atoms with Gasteiger partial charge in [-0.2, -0.15) is 13.2 Å². The quantitative estimate of drug-likeness (QED) is 0.909. The standard InChI is InChI=1S/C12H7F3N2O2/c13-12(14,15)9-5-7(1-2-8(9)11(18)19)10-6-16-3-4-17-10/h1-6H,(H,18,19). The van der Waals surface area contributed by atoms with E-state index in [1.807, 2.05) is 0 Å². The lowest BCUT2D eigenvalue weighted by atomic mass is 10.0. The van der Waals surface area contributed by atoms with Gasteiger partial charge in [0.15, 0.2) is 0 Å². The third-order valence-electron chi connectivity index (χ3n) is 2.41. The van der Waals surface area contributed by atoms with Crippen LogP contribution in [0.2, 0.25) is 0 Å². The van der Waals surface area contributed by atoms with Gasteiger partial charge in [-0.15, -0.1) is 0 Å². The van der Waals surface area contributed by atoms with Crippen LogP contribution in [0.3, 0.4) is 0 Å². The fraction of sp³-hybridized carbons (Fsp3) is 0.0833. The molecule has 2 aromatic rings. The summed E-state index contributed by atoms with van der Waals surface area (Å²) in [5, 5.41) is 8.76. The molecule has 0 unspecified atom stereocenters. The van der Waals surface area contributed by atoms with Crippen molar-refractivity contribution in [3.63, 3.8) is 0 Å². The molecule has 0 bridgehead atoms. The van der Waals surface area contributed by atoms with Crippen molar-refractivity contribution in [2.45, 2.75) is 6.18 Å². The van der Waals surface area contributed by atoms with Gasteiger partial charge in [0.1, 0.15) is 0 Å². The highest BCUT2D eigenvalue weighted by atomic mass is 19.4. The van der Waals surface area contributed by atoms with Crippen LogP contribution < -0.4 is 0 Å². The smallest absolute Gasteiger partial charge is 0.417 e. The first-order valence-electron chi connectivity index (χ1n) is 5.10. The summed E-state index contributed by atoms with van der Waals surface area (Å²) in [6.45, 7) is 0. The molecule has 1 aromatic carbocycles. The van der Waals surface area contributed by atoms with Crippen LogP contribution in [0.5, 0.6) is 0 Å². The number of carbonyl (C=O) groups is 1. The lowest BCUT2D eigenvalue weighted by Crippen LogP contribution is -2.13. The number of hydrogen-bond donors (Lipinski definition) is 1. The average molecular weight is 268 g/mol. The van der Waals surface area contributed by atoms with Crippen LogP contribution in [0, 0.1) is 0 Å². The van der Waals surface area contributed by atoms with E-state index in [0.717, 1.165) is 12.1 Å². The zero-order chi connectivity index (χ0) is 14.0. The monoisotopic (exact) mass is 268 g/mol. The molecule has 0 aliphatic rings. The molecule has 0 radical (unpaired) electrons. The molecule has 2 rings (SSSR count). The lowest BCUT2D eigenvalue weighted by molar-refractivity contribution is -0.138. The largest absolute Gasteiger partial charge is 0.478 e. The molecule has 0 amide bonds. The summed E-state index contributed by atoms with van der Waals surface area (Å²) in [5.41, 5.74) is -1.60. The van der Waals surface area contributed by atoms with Crippen LogP contribution in [0.1, 0.15) is 15.9 Å². The van der Waals surface area contributed by atoms with Crippen molar-refractivity contribution in [1.82, 2.24) is 9.97 Å². The second-order valence-electron chi connectivity index (χ2n) is 3.65. The molecule has 0 fully saturated rings. The molecular formula is C12H7F3N2O2. The summed E-state index contributed by atoms with van der Waals surface area (Å²) in [6.07, 6.45) is -0.713. The molecule has 19 heavy (non-hydrogen) atoms. The van der Waals surface area contributed by atoms with Crippen LogP contribution in [-0.2, 0) is 6.18 Å². The Balaban J connectivity index is 2.60. The Labute approximate surface area is 105 Å². The molecule has 0 aliphatic carbocycles. The maximum absolute atomic E-state index is 12.8. The predicted molar refractivity (Wildman–Crippen MR) is 59.4 cm³/mol. The van der Waals surface area contributed by atoms with Crippen molar-refractivity contribution in [3.8, 4) is 11.3 Å². The molecule has 0 aliphatic heterocycles. The Morgan fingerprint density at radius 3 is 2.47 bits per heavy atom. The molecule has 0 atom stereocenters. The normalized spacial score (nSPS) is 11.3. The zero-order valence-electron chi connectivity index (χ0n) is 9.35. The van der Waals surface area contributed by atoms with Crippen LogP contribution in [0.15, 0.2) is 36.8 Å². The Kier molecular flexibility index (Phi) is 3.20. The van der Waals surface area contributed by atoms with E-state index in [1.165, 1.54) is 24.7 Å². The van der Waals surface area contributed by atoms with Crippen molar-refractivity contribution in [1.29, 1.82) is 0 Å². The van der Waals surface area contributed by atoms with E-state index < -0.39 is 23.3 Å². The minimum Gasteiger partial charge on any atom is -0.478 e. The van der Waals surface area contributed by atoms with Crippen molar-refractivity contribution >= 4 is 5.97 Å². The minimum atomic E-state index is -4.74. The molecule has 98 valence electrons. The number of aromatic carboxylic acids is 1. The molecule has 4 nitrogen and oxygen atoms in total. The fourth-order valence-electron chi connectivity index (χ4n) is 1.57. The number of nitrogens with zero attached hydrogens (tertiary/aromatic N) is 2. The van der Waals surface area contributed by atoms with Gasteiger partial charge >= 0.3 is 12.1 Å². The van der Waals surface area contributed by atoms with Gasteiger partial charge < -0.3 is 5.11 Å². The van der Waals surface area contributed by atoms with Crippen LogP contribution in [-0.4, -0.2) is 21.0 Å². The van der Waals surface area contributed by atoms with Crippen LogP contribution in [0.4, 0.5) is 13.2 Å². The molecule has 7 heteroatoms. The average Bonchev–Trinajstić information content (AvgIpc) is 2.38. The predicted octanol–water partition coefficient (Wildman–Crippen LogP) is 2.86. The Morgan fingerprint density at radius 1 is 1.21 bits per heavy atom. The number of hydrogen-bond acceptors (Lipinski definition) is 3. The third-order valence-corrected chi connectivity index (χ3v) is 2.41. The van der Waals surface area contributed by atoms with Gasteiger partial charge in [0, 0.05) is 18.0 Å². The van der Waals surface area contributed by atoms with E-state index in [1.54, 1.807) is 0 Å². The number of rotatable bonds is 2. The SMILES string of the molecule is O=C(O)c1ccc(-c2cnccn2)cc1C(F)(F)F. The third kappa shape index (κ3) is 2.70. The van der Waals surface area contributed by atoms with E-state index in [-0.39, 0.29) is 11.3 Å². The number of benzene rings is 1. The fourth-order valence-corrected chi connectivity index (χ4v) is 1.57. The topological polar surface area (TPSA) is 63.1 Å². The maximum Gasteiger partial charge on any atom is 0.417 e. The Morgan fingerprint density at radius 2 is 1.95 bits per heavy atom. The van der Waals surface area contributed by atoms with Crippen LogP contribution >= 0.6 is 0 Å². The van der Waals surface area contributed by atoms with Gasteiger partial charge in [-0.25, -0.2) is 4.79 Å². The second kappa shape index (κ2) is 4.68. The minimum absolute atomic E-state index is 0.158. The Hall–Kier alpha value is -2.44. The van der Waals surface area contributed by atoms with E-state index in [0.29, 0.717) is 0 Å². The maximum atomic E-state index is 12.8. The summed E-state index contributed by atoms with van der Waals surface area (Å²) in [5.74, 6) is -1.63. The summed E-state index contributed by atoms with van der Waals surface area (Å²) in [4.78, 5) is 18.4. The van der Waals surface area contributed by atoms with Gasteiger partial charge in [-0.1, -0.05) is 6.07 Å².